The SMILES string of the molecule is Cc1cc(CN2C[C@@H]3COC[C@]3(CNC(=O)c3cccn3C)C2)no1. The molecule has 0 aliphatic carbocycles. The van der Waals surface area contributed by atoms with E-state index >= 15 is 0 Å². The second-order valence-electron chi connectivity index (χ2n) is 7.36. The maximum absolute atomic E-state index is 12.4. The van der Waals surface area contributed by atoms with Crippen LogP contribution in [0.15, 0.2) is 28.9 Å². The Morgan fingerprint density at radius 2 is 2.40 bits per heavy atom. The molecule has 2 aliphatic heterocycles. The van der Waals surface area contributed by atoms with E-state index in [1.807, 2.05) is 42.9 Å². The van der Waals surface area contributed by atoms with Crippen molar-refractivity contribution in [2.45, 2.75) is 13.5 Å². The Labute approximate surface area is 146 Å². The van der Waals surface area contributed by atoms with Crippen LogP contribution in [0.2, 0.25) is 0 Å². The van der Waals surface area contributed by atoms with E-state index in [4.69, 9.17) is 9.26 Å². The summed E-state index contributed by atoms with van der Waals surface area (Å²) < 4.78 is 12.7. The largest absolute Gasteiger partial charge is 0.380 e. The zero-order valence-corrected chi connectivity index (χ0v) is 14.7. The fraction of sp³-hybridized carbons (Fsp3) is 0.556. The van der Waals surface area contributed by atoms with E-state index in [1.165, 1.54) is 0 Å². The van der Waals surface area contributed by atoms with Crippen LogP contribution in [-0.2, 0) is 18.3 Å². The normalized spacial score (nSPS) is 26.1. The lowest BCUT2D eigenvalue weighted by Crippen LogP contribution is -2.43. The lowest BCUT2D eigenvalue weighted by Gasteiger charge is -2.27. The Balaban J connectivity index is 1.41. The van der Waals surface area contributed by atoms with Crippen LogP contribution in [0.5, 0.6) is 0 Å². The van der Waals surface area contributed by atoms with Gasteiger partial charge in [-0.1, -0.05) is 5.16 Å². The van der Waals surface area contributed by atoms with Crippen molar-refractivity contribution in [3.8, 4) is 0 Å². The number of carbonyl (C=O) groups is 1. The third-order valence-electron chi connectivity index (χ3n) is 5.43. The number of ether oxygens (including phenoxy) is 1. The zero-order chi connectivity index (χ0) is 17.4. The van der Waals surface area contributed by atoms with Gasteiger partial charge in [0.1, 0.15) is 11.5 Å². The van der Waals surface area contributed by atoms with Crippen LogP contribution in [0.25, 0.3) is 0 Å². The first-order valence-corrected chi connectivity index (χ1v) is 8.68. The molecule has 1 amide bonds. The molecule has 7 nitrogen and oxygen atoms in total. The van der Waals surface area contributed by atoms with E-state index in [2.05, 4.69) is 15.4 Å². The maximum atomic E-state index is 12.4. The van der Waals surface area contributed by atoms with Gasteiger partial charge in [0.2, 0.25) is 0 Å². The summed E-state index contributed by atoms with van der Waals surface area (Å²) in [6.45, 7) is 6.64. The molecular weight excluding hydrogens is 320 g/mol. The fourth-order valence-electron chi connectivity index (χ4n) is 4.08. The van der Waals surface area contributed by atoms with Crippen molar-refractivity contribution >= 4 is 5.91 Å². The number of likely N-dealkylation sites (tertiary alicyclic amines) is 1. The van der Waals surface area contributed by atoms with Crippen molar-refractivity contribution in [1.82, 2.24) is 19.9 Å². The number of aryl methyl sites for hydroxylation is 2. The number of hydrogen-bond acceptors (Lipinski definition) is 5. The predicted octanol–water partition coefficient (Wildman–Crippen LogP) is 1.20. The van der Waals surface area contributed by atoms with E-state index in [0.29, 0.717) is 24.8 Å². The third kappa shape index (κ3) is 3.09. The standard InChI is InChI=1S/C18H24N4O3/c1-13-6-15(20-25-13)8-22-7-14-9-24-12-18(14,11-22)10-19-17(23)16-4-3-5-21(16)2/h3-6,14H,7-12H2,1-2H3,(H,19,23)/t14-,18+/m1/s1. The van der Waals surface area contributed by atoms with Gasteiger partial charge in [-0.3, -0.25) is 9.69 Å². The Bertz CT molecular complexity index is 768. The first-order valence-electron chi connectivity index (χ1n) is 8.68. The number of rotatable bonds is 5. The third-order valence-corrected chi connectivity index (χ3v) is 5.43. The highest BCUT2D eigenvalue weighted by Crippen LogP contribution is 2.41. The van der Waals surface area contributed by atoms with Crippen molar-refractivity contribution in [3.05, 3.63) is 41.5 Å². The lowest BCUT2D eigenvalue weighted by molar-refractivity contribution is 0.0896. The second-order valence-corrected chi connectivity index (χ2v) is 7.36. The maximum Gasteiger partial charge on any atom is 0.267 e. The summed E-state index contributed by atoms with van der Waals surface area (Å²) in [6.07, 6.45) is 1.88. The molecule has 2 aromatic rings. The number of hydrogen-bond donors (Lipinski definition) is 1. The van der Waals surface area contributed by atoms with Gasteiger partial charge in [-0.2, -0.15) is 0 Å². The van der Waals surface area contributed by atoms with Gasteiger partial charge in [-0.25, -0.2) is 0 Å². The molecule has 2 atom stereocenters. The van der Waals surface area contributed by atoms with Gasteiger partial charge >= 0.3 is 0 Å². The molecule has 134 valence electrons. The lowest BCUT2D eigenvalue weighted by atomic mass is 9.81. The number of nitrogens with zero attached hydrogens (tertiary/aromatic N) is 3. The summed E-state index contributed by atoms with van der Waals surface area (Å²) in [6, 6.07) is 5.70. The van der Waals surface area contributed by atoms with Crippen molar-refractivity contribution in [2.75, 3.05) is 32.8 Å². The molecule has 4 heterocycles. The van der Waals surface area contributed by atoms with Crippen LogP contribution in [-0.4, -0.2) is 53.4 Å². The highest BCUT2D eigenvalue weighted by atomic mass is 16.5. The minimum absolute atomic E-state index is 0.0143. The van der Waals surface area contributed by atoms with Crippen LogP contribution in [0.4, 0.5) is 0 Å². The topological polar surface area (TPSA) is 72.5 Å². The molecule has 1 N–H and O–H groups in total. The second kappa shape index (κ2) is 6.31. The quantitative estimate of drug-likeness (QED) is 0.882. The van der Waals surface area contributed by atoms with E-state index in [9.17, 15) is 4.79 Å². The average Bonchev–Trinajstić information content (AvgIpc) is 3.30. The summed E-state index contributed by atoms with van der Waals surface area (Å²) in [7, 11) is 1.88. The zero-order valence-electron chi connectivity index (χ0n) is 14.7. The van der Waals surface area contributed by atoms with Crippen LogP contribution < -0.4 is 5.32 Å². The highest BCUT2D eigenvalue weighted by molar-refractivity contribution is 5.92. The van der Waals surface area contributed by atoms with E-state index in [1.54, 1.807) is 0 Å². The van der Waals surface area contributed by atoms with Crippen LogP contribution in [0.1, 0.15) is 21.9 Å². The van der Waals surface area contributed by atoms with Gasteiger partial charge in [-0.05, 0) is 19.1 Å². The molecule has 0 aromatic carbocycles. The molecule has 2 fully saturated rings. The molecule has 2 saturated heterocycles. The molecule has 2 aliphatic rings. The molecule has 0 saturated carbocycles. The first kappa shape index (κ1) is 16.4. The number of nitrogens with one attached hydrogen (secondary N) is 1. The number of amides is 1. The van der Waals surface area contributed by atoms with Gasteiger partial charge in [0.05, 0.1) is 18.9 Å². The molecule has 0 radical (unpaired) electrons. The summed E-state index contributed by atoms with van der Waals surface area (Å²) in [4.78, 5) is 14.8. The van der Waals surface area contributed by atoms with Gasteiger partial charge in [0, 0.05) is 56.8 Å². The van der Waals surface area contributed by atoms with Gasteiger partial charge in [-0.15, -0.1) is 0 Å². The number of fused-ring (bicyclic) bond motifs is 1. The molecule has 0 bridgehead atoms. The minimum atomic E-state index is -0.0295. The van der Waals surface area contributed by atoms with Gasteiger partial charge in [0.25, 0.3) is 5.91 Å². The Morgan fingerprint density at radius 1 is 1.52 bits per heavy atom. The Hall–Kier alpha value is -2.12. The summed E-state index contributed by atoms with van der Waals surface area (Å²) in [5.74, 6) is 1.24. The highest BCUT2D eigenvalue weighted by Gasteiger charge is 2.50. The van der Waals surface area contributed by atoms with E-state index < -0.39 is 0 Å². The van der Waals surface area contributed by atoms with Crippen LogP contribution in [0, 0.1) is 18.3 Å². The average molecular weight is 344 g/mol. The molecule has 4 rings (SSSR count). The van der Waals surface area contributed by atoms with Gasteiger partial charge < -0.3 is 19.1 Å². The predicted molar refractivity (Wildman–Crippen MR) is 91.0 cm³/mol. The van der Waals surface area contributed by atoms with Crippen LogP contribution in [0.3, 0.4) is 0 Å². The Morgan fingerprint density at radius 3 is 3.12 bits per heavy atom. The Kier molecular flexibility index (Phi) is 4.13. The monoisotopic (exact) mass is 344 g/mol. The van der Waals surface area contributed by atoms with E-state index in [-0.39, 0.29) is 11.3 Å². The molecule has 0 spiro atoms. The summed E-state index contributed by atoms with van der Waals surface area (Å²) in [5, 5.41) is 7.21. The van der Waals surface area contributed by atoms with Gasteiger partial charge in [0.15, 0.2) is 0 Å². The van der Waals surface area contributed by atoms with Crippen molar-refractivity contribution in [1.29, 1.82) is 0 Å². The molecule has 2 aromatic heterocycles. The molecule has 7 heteroatoms. The summed E-state index contributed by atoms with van der Waals surface area (Å²) in [5.41, 5.74) is 1.63. The van der Waals surface area contributed by atoms with Crippen molar-refractivity contribution in [3.63, 3.8) is 0 Å². The molecular formula is C18H24N4O3. The first-order chi connectivity index (χ1) is 12.1. The molecule has 0 unspecified atom stereocenters. The number of aromatic nitrogens is 2. The molecule has 25 heavy (non-hydrogen) atoms. The summed E-state index contributed by atoms with van der Waals surface area (Å²) >= 11 is 0. The van der Waals surface area contributed by atoms with Crippen molar-refractivity contribution < 1.29 is 14.1 Å². The number of carbonyl (C=O) groups excluding carboxylic acids is 1. The van der Waals surface area contributed by atoms with E-state index in [0.717, 1.165) is 37.7 Å². The minimum Gasteiger partial charge on any atom is -0.380 e. The van der Waals surface area contributed by atoms with Crippen molar-refractivity contribution in [2.24, 2.45) is 18.4 Å². The smallest absolute Gasteiger partial charge is 0.267 e. The van der Waals surface area contributed by atoms with Crippen LogP contribution >= 0.6 is 0 Å². The fourth-order valence-corrected chi connectivity index (χ4v) is 4.08.